The van der Waals surface area contributed by atoms with Gasteiger partial charge in [-0.25, -0.2) is 4.98 Å². The molecule has 2 aromatic rings. The molecule has 0 aliphatic carbocycles. The van der Waals surface area contributed by atoms with Crippen LogP contribution < -0.4 is 10.2 Å². The zero-order valence-electron chi connectivity index (χ0n) is 16.5. The van der Waals surface area contributed by atoms with Crippen LogP contribution in [0.2, 0.25) is 0 Å². The second-order valence-corrected chi connectivity index (χ2v) is 7.10. The van der Waals surface area contributed by atoms with Gasteiger partial charge in [0.15, 0.2) is 5.96 Å². The molecule has 1 aliphatic heterocycles. The topological polar surface area (TPSA) is 48.7 Å². The highest BCUT2D eigenvalue weighted by atomic mass is 127. The van der Waals surface area contributed by atoms with Crippen molar-refractivity contribution in [2.24, 2.45) is 10.9 Å². The molecule has 7 heteroatoms. The molecule has 0 spiro atoms. The number of halogens is 1. The van der Waals surface area contributed by atoms with Gasteiger partial charge in [0.05, 0.1) is 6.54 Å². The molecule has 0 atom stereocenters. The van der Waals surface area contributed by atoms with Gasteiger partial charge in [-0.2, -0.15) is 0 Å². The molecular formula is C20H31IN6. The fraction of sp³-hybridized carbons (Fsp3) is 0.500. The number of piperazine rings is 1. The molecule has 2 heterocycles. The summed E-state index contributed by atoms with van der Waals surface area (Å²) in [6, 6.07) is 10.6. The molecule has 1 aliphatic rings. The minimum atomic E-state index is 0. The van der Waals surface area contributed by atoms with Crippen LogP contribution in [0.1, 0.15) is 19.7 Å². The van der Waals surface area contributed by atoms with E-state index in [1.54, 1.807) is 0 Å². The van der Waals surface area contributed by atoms with E-state index in [1.165, 1.54) is 5.69 Å². The van der Waals surface area contributed by atoms with Crippen molar-refractivity contribution in [2.45, 2.75) is 26.9 Å². The lowest BCUT2D eigenvalue weighted by atomic mass is 10.2. The van der Waals surface area contributed by atoms with Crippen LogP contribution in [0, 0.1) is 5.92 Å². The van der Waals surface area contributed by atoms with Crippen molar-refractivity contribution < 1.29 is 0 Å². The number of nitrogens with one attached hydrogen (secondary N) is 1. The van der Waals surface area contributed by atoms with Crippen molar-refractivity contribution in [3.05, 3.63) is 48.5 Å². The largest absolute Gasteiger partial charge is 0.368 e. The van der Waals surface area contributed by atoms with Crippen LogP contribution in [-0.4, -0.2) is 53.6 Å². The molecule has 0 radical (unpaired) electrons. The van der Waals surface area contributed by atoms with E-state index in [0.29, 0.717) is 12.5 Å². The predicted molar refractivity (Wildman–Crippen MR) is 123 cm³/mol. The zero-order valence-corrected chi connectivity index (χ0v) is 18.8. The molecular weight excluding hydrogens is 451 g/mol. The average Bonchev–Trinajstić information content (AvgIpc) is 3.10. The maximum atomic E-state index is 4.49. The third kappa shape index (κ3) is 5.85. The van der Waals surface area contributed by atoms with Crippen LogP contribution in [0.4, 0.5) is 5.69 Å². The summed E-state index contributed by atoms with van der Waals surface area (Å²) < 4.78 is 2.22. The molecule has 1 fully saturated rings. The molecule has 148 valence electrons. The summed E-state index contributed by atoms with van der Waals surface area (Å²) in [5, 5.41) is 3.48. The number of anilines is 1. The summed E-state index contributed by atoms with van der Waals surface area (Å²) in [5.74, 6) is 2.62. The number of nitrogens with zero attached hydrogens (tertiary/aromatic N) is 5. The lowest BCUT2D eigenvalue weighted by Gasteiger charge is -2.37. The molecule has 1 aromatic heterocycles. The Hall–Kier alpha value is -1.77. The van der Waals surface area contributed by atoms with E-state index < -0.39 is 0 Å². The Morgan fingerprint density at radius 1 is 1.15 bits per heavy atom. The standard InChI is InChI=1S/C20H30N6.HI/c1-17(2)16-26-10-9-22-19(26)15-23-20(21-3)25-13-11-24(12-14-25)18-7-5-4-6-8-18;/h4-10,17H,11-16H2,1-3H3,(H,21,23);1H. The Kier molecular flexibility index (Phi) is 8.40. The van der Waals surface area contributed by atoms with Gasteiger partial charge in [0.25, 0.3) is 0 Å². The number of rotatable bonds is 5. The summed E-state index contributed by atoms with van der Waals surface area (Å²) in [5.41, 5.74) is 1.30. The quantitative estimate of drug-likeness (QED) is 0.405. The summed E-state index contributed by atoms with van der Waals surface area (Å²) in [6.45, 7) is 10.1. The first-order valence-corrected chi connectivity index (χ1v) is 9.43. The Bertz CT molecular complexity index is 704. The van der Waals surface area contributed by atoms with Gasteiger partial charge >= 0.3 is 0 Å². The number of imidazole rings is 1. The number of para-hydroxylation sites is 1. The molecule has 0 bridgehead atoms. The second kappa shape index (κ2) is 10.5. The highest BCUT2D eigenvalue weighted by Crippen LogP contribution is 2.15. The first-order chi connectivity index (χ1) is 12.7. The van der Waals surface area contributed by atoms with Crippen LogP contribution in [0.15, 0.2) is 47.7 Å². The Balaban J connectivity index is 0.00000261. The number of benzene rings is 1. The van der Waals surface area contributed by atoms with Crippen LogP contribution in [0.5, 0.6) is 0 Å². The number of aromatic nitrogens is 2. The minimum Gasteiger partial charge on any atom is -0.368 e. The average molecular weight is 482 g/mol. The summed E-state index contributed by atoms with van der Waals surface area (Å²) in [7, 11) is 1.85. The van der Waals surface area contributed by atoms with Crippen LogP contribution in [0.3, 0.4) is 0 Å². The zero-order chi connectivity index (χ0) is 18.4. The van der Waals surface area contributed by atoms with E-state index in [0.717, 1.165) is 44.5 Å². The molecule has 1 aromatic carbocycles. The Labute approximate surface area is 179 Å². The van der Waals surface area contributed by atoms with E-state index in [9.17, 15) is 0 Å². The third-order valence-corrected chi connectivity index (χ3v) is 4.68. The first kappa shape index (κ1) is 21.5. The van der Waals surface area contributed by atoms with Crippen LogP contribution in [-0.2, 0) is 13.1 Å². The van der Waals surface area contributed by atoms with Gasteiger partial charge in [-0.05, 0) is 18.1 Å². The van der Waals surface area contributed by atoms with Gasteiger partial charge in [-0.15, -0.1) is 24.0 Å². The summed E-state index contributed by atoms with van der Waals surface area (Å²) in [6.07, 6.45) is 3.93. The molecule has 1 N–H and O–H groups in total. The number of aliphatic imine (C=N–C) groups is 1. The second-order valence-electron chi connectivity index (χ2n) is 7.10. The van der Waals surface area contributed by atoms with Crippen molar-refractivity contribution in [1.82, 2.24) is 19.8 Å². The van der Waals surface area contributed by atoms with Crippen LogP contribution in [0.25, 0.3) is 0 Å². The normalized spacial score (nSPS) is 15.0. The third-order valence-electron chi connectivity index (χ3n) is 4.68. The summed E-state index contributed by atoms with van der Waals surface area (Å²) in [4.78, 5) is 13.7. The molecule has 0 unspecified atom stereocenters. The minimum absolute atomic E-state index is 0. The number of hydrogen-bond donors (Lipinski definition) is 1. The number of hydrogen-bond acceptors (Lipinski definition) is 3. The van der Waals surface area contributed by atoms with E-state index in [2.05, 4.69) is 80.0 Å². The Morgan fingerprint density at radius 3 is 2.48 bits per heavy atom. The molecule has 0 saturated carbocycles. The predicted octanol–water partition coefficient (Wildman–Crippen LogP) is 3.05. The van der Waals surface area contributed by atoms with Gasteiger partial charge in [0, 0.05) is 57.9 Å². The maximum Gasteiger partial charge on any atom is 0.194 e. The first-order valence-electron chi connectivity index (χ1n) is 9.43. The van der Waals surface area contributed by atoms with Gasteiger partial charge in [-0.3, -0.25) is 4.99 Å². The monoisotopic (exact) mass is 482 g/mol. The van der Waals surface area contributed by atoms with E-state index in [4.69, 9.17) is 0 Å². The molecule has 3 rings (SSSR count). The van der Waals surface area contributed by atoms with E-state index in [1.807, 2.05) is 13.2 Å². The van der Waals surface area contributed by atoms with Crippen molar-refractivity contribution in [1.29, 1.82) is 0 Å². The van der Waals surface area contributed by atoms with Gasteiger partial charge in [0.1, 0.15) is 5.82 Å². The molecule has 27 heavy (non-hydrogen) atoms. The highest BCUT2D eigenvalue weighted by Gasteiger charge is 2.20. The van der Waals surface area contributed by atoms with Gasteiger partial charge in [-0.1, -0.05) is 32.0 Å². The van der Waals surface area contributed by atoms with Crippen molar-refractivity contribution in [2.75, 3.05) is 38.1 Å². The molecule has 0 amide bonds. The van der Waals surface area contributed by atoms with E-state index in [-0.39, 0.29) is 24.0 Å². The fourth-order valence-electron chi connectivity index (χ4n) is 3.37. The Morgan fingerprint density at radius 2 is 1.85 bits per heavy atom. The van der Waals surface area contributed by atoms with Gasteiger partial charge in [0.2, 0.25) is 0 Å². The van der Waals surface area contributed by atoms with Crippen molar-refractivity contribution >= 4 is 35.6 Å². The lowest BCUT2D eigenvalue weighted by Crippen LogP contribution is -2.52. The molecule has 6 nitrogen and oxygen atoms in total. The number of guanidine groups is 1. The van der Waals surface area contributed by atoms with Gasteiger partial charge < -0.3 is 19.7 Å². The van der Waals surface area contributed by atoms with Crippen LogP contribution >= 0.6 is 24.0 Å². The summed E-state index contributed by atoms with van der Waals surface area (Å²) >= 11 is 0. The SMILES string of the molecule is CN=C(NCc1nccn1CC(C)C)N1CCN(c2ccccc2)CC1.I. The fourth-order valence-corrected chi connectivity index (χ4v) is 3.37. The lowest BCUT2D eigenvalue weighted by molar-refractivity contribution is 0.371. The van der Waals surface area contributed by atoms with Crippen molar-refractivity contribution in [3.8, 4) is 0 Å². The highest BCUT2D eigenvalue weighted by molar-refractivity contribution is 14.0. The molecule has 1 saturated heterocycles. The van der Waals surface area contributed by atoms with Crippen molar-refractivity contribution in [3.63, 3.8) is 0 Å². The smallest absolute Gasteiger partial charge is 0.194 e. The maximum absolute atomic E-state index is 4.49. The van der Waals surface area contributed by atoms with E-state index >= 15 is 0 Å².